The molecule has 1 aliphatic rings. The van der Waals surface area contributed by atoms with Gasteiger partial charge >= 0.3 is 5.97 Å². The number of amides is 2. The number of carbonyl (C=O) groups excluding carboxylic acids is 3. The van der Waals surface area contributed by atoms with Gasteiger partial charge in [0.1, 0.15) is 11.6 Å². The highest BCUT2D eigenvalue weighted by atomic mass is 16.5. The first kappa shape index (κ1) is 15.4. The van der Waals surface area contributed by atoms with Gasteiger partial charge in [0.2, 0.25) is 11.8 Å². The standard InChI is InChI=1S/C12H21N3O4/c1-7(13)9(16)14-8(2)10(17)15-12(5-4-6-12)11(18)19-3/h7-8H,4-6,13H2,1-3H3,(H,14,16)(H,15,17)/t7-,8-/m0/s1. The number of rotatable bonds is 5. The minimum absolute atomic E-state index is 0.414. The fourth-order valence-electron chi connectivity index (χ4n) is 1.86. The molecule has 108 valence electrons. The topological polar surface area (TPSA) is 111 Å². The third-order valence-corrected chi connectivity index (χ3v) is 3.31. The molecule has 1 rings (SSSR count). The molecular formula is C12H21N3O4. The van der Waals surface area contributed by atoms with E-state index in [2.05, 4.69) is 10.6 Å². The molecule has 2 amide bonds. The lowest BCUT2D eigenvalue weighted by Crippen LogP contribution is -2.63. The molecule has 7 nitrogen and oxygen atoms in total. The van der Waals surface area contributed by atoms with Crippen LogP contribution in [0.25, 0.3) is 0 Å². The highest BCUT2D eigenvalue weighted by molar-refractivity contribution is 5.93. The maximum atomic E-state index is 12.0. The fourth-order valence-corrected chi connectivity index (χ4v) is 1.86. The highest BCUT2D eigenvalue weighted by Gasteiger charge is 2.47. The van der Waals surface area contributed by atoms with Crippen molar-refractivity contribution >= 4 is 17.8 Å². The largest absolute Gasteiger partial charge is 0.467 e. The van der Waals surface area contributed by atoms with Crippen LogP contribution < -0.4 is 16.4 Å². The van der Waals surface area contributed by atoms with Gasteiger partial charge in [-0.15, -0.1) is 0 Å². The summed E-state index contributed by atoms with van der Waals surface area (Å²) >= 11 is 0. The predicted molar refractivity (Wildman–Crippen MR) is 68.0 cm³/mol. The van der Waals surface area contributed by atoms with E-state index in [-0.39, 0.29) is 0 Å². The van der Waals surface area contributed by atoms with Gasteiger partial charge in [-0.05, 0) is 33.1 Å². The summed E-state index contributed by atoms with van der Waals surface area (Å²) in [6.45, 7) is 3.07. The van der Waals surface area contributed by atoms with Crippen molar-refractivity contribution in [2.45, 2.75) is 50.7 Å². The molecule has 1 fully saturated rings. The monoisotopic (exact) mass is 271 g/mol. The third kappa shape index (κ3) is 3.44. The highest BCUT2D eigenvalue weighted by Crippen LogP contribution is 2.32. The Morgan fingerprint density at radius 2 is 1.79 bits per heavy atom. The Hall–Kier alpha value is -1.63. The quantitative estimate of drug-likeness (QED) is 0.558. The molecule has 0 bridgehead atoms. The van der Waals surface area contributed by atoms with E-state index in [1.54, 1.807) is 6.92 Å². The summed E-state index contributed by atoms with van der Waals surface area (Å²) in [7, 11) is 1.29. The summed E-state index contributed by atoms with van der Waals surface area (Å²) < 4.78 is 4.70. The van der Waals surface area contributed by atoms with Gasteiger partial charge in [0, 0.05) is 0 Å². The van der Waals surface area contributed by atoms with E-state index in [0.717, 1.165) is 6.42 Å². The molecule has 1 aliphatic carbocycles. The average Bonchev–Trinajstić information content (AvgIpc) is 2.32. The van der Waals surface area contributed by atoms with Gasteiger partial charge in [-0.3, -0.25) is 9.59 Å². The molecule has 4 N–H and O–H groups in total. The van der Waals surface area contributed by atoms with Gasteiger partial charge in [-0.25, -0.2) is 4.79 Å². The van der Waals surface area contributed by atoms with Crippen molar-refractivity contribution in [3.63, 3.8) is 0 Å². The summed E-state index contributed by atoms with van der Waals surface area (Å²) in [4.78, 5) is 35.0. The predicted octanol–water partition coefficient (Wildman–Crippen LogP) is -0.950. The van der Waals surface area contributed by atoms with E-state index in [4.69, 9.17) is 10.5 Å². The van der Waals surface area contributed by atoms with Gasteiger partial charge in [0.05, 0.1) is 13.2 Å². The molecule has 0 aromatic rings. The van der Waals surface area contributed by atoms with Crippen molar-refractivity contribution in [3.05, 3.63) is 0 Å². The van der Waals surface area contributed by atoms with Crippen LogP contribution in [0.5, 0.6) is 0 Å². The molecule has 0 heterocycles. The van der Waals surface area contributed by atoms with Crippen LogP contribution >= 0.6 is 0 Å². The lowest BCUT2D eigenvalue weighted by molar-refractivity contribution is -0.155. The van der Waals surface area contributed by atoms with Crippen LogP contribution in [-0.4, -0.2) is 42.5 Å². The normalized spacial score (nSPS) is 19.6. The third-order valence-electron chi connectivity index (χ3n) is 3.31. The van der Waals surface area contributed by atoms with Crippen LogP contribution in [0.2, 0.25) is 0 Å². The maximum Gasteiger partial charge on any atom is 0.331 e. The second-order valence-corrected chi connectivity index (χ2v) is 4.94. The Morgan fingerprint density at radius 1 is 1.21 bits per heavy atom. The number of ether oxygens (including phenoxy) is 1. The molecular weight excluding hydrogens is 250 g/mol. The van der Waals surface area contributed by atoms with Crippen molar-refractivity contribution in [3.8, 4) is 0 Å². The van der Waals surface area contributed by atoms with Crippen LogP contribution in [-0.2, 0) is 19.1 Å². The van der Waals surface area contributed by atoms with E-state index in [1.165, 1.54) is 14.0 Å². The van der Waals surface area contributed by atoms with Crippen LogP contribution in [0, 0.1) is 0 Å². The molecule has 0 spiro atoms. The van der Waals surface area contributed by atoms with E-state index < -0.39 is 35.4 Å². The van der Waals surface area contributed by atoms with Gasteiger partial charge in [0.25, 0.3) is 0 Å². The molecule has 1 saturated carbocycles. The average molecular weight is 271 g/mol. The van der Waals surface area contributed by atoms with E-state index in [0.29, 0.717) is 12.8 Å². The number of esters is 1. The Kier molecular flexibility index (Phi) is 4.88. The maximum absolute atomic E-state index is 12.0. The first-order valence-corrected chi connectivity index (χ1v) is 6.29. The van der Waals surface area contributed by atoms with Crippen LogP contribution in [0.15, 0.2) is 0 Å². The lowest BCUT2D eigenvalue weighted by atomic mass is 9.76. The number of hydrogen-bond donors (Lipinski definition) is 3. The minimum atomic E-state index is -0.931. The van der Waals surface area contributed by atoms with Crippen molar-refractivity contribution in [2.24, 2.45) is 5.73 Å². The number of carbonyl (C=O) groups is 3. The SMILES string of the molecule is COC(=O)C1(NC(=O)[C@H](C)NC(=O)[C@H](C)N)CCC1. The van der Waals surface area contributed by atoms with Crippen molar-refractivity contribution in [2.75, 3.05) is 7.11 Å². The molecule has 0 radical (unpaired) electrons. The minimum Gasteiger partial charge on any atom is -0.467 e. The van der Waals surface area contributed by atoms with Crippen molar-refractivity contribution in [1.82, 2.24) is 10.6 Å². The number of hydrogen-bond acceptors (Lipinski definition) is 5. The molecule has 7 heteroatoms. The summed E-state index contributed by atoms with van der Waals surface area (Å²) in [5, 5.41) is 5.13. The Labute approximate surface area is 112 Å². The second-order valence-electron chi connectivity index (χ2n) is 4.94. The summed E-state index contributed by atoms with van der Waals surface area (Å²) in [6, 6.07) is -1.44. The molecule has 0 saturated heterocycles. The van der Waals surface area contributed by atoms with Gasteiger partial charge in [0.15, 0.2) is 0 Å². The molecule has 0 aromatic heterocycles. The zero-order valence-electron chi connectivity index (χ0n) is 11.5. The van der Waals surface area contributed by atoms with E-state index >= 15 is 0 Å². The number of nitrogens with one attached hydrogen (secondary N) is 2. The van der Waals surface area contributed by atoms with Crippen molar-refractivity contribution in [1.29, 1.82) is 0 Å². The van der Waals surface area contributed by atoms with Crippen LogP contribution in [0.4, 0.5) is 0 Å². The molecule has 0 unspecified atom stereocenters. The summed E-state index contributed by atoms with van der Waals surface area (Å²) in [5.74, 6) is -1.28. The van der Waals surface area contributed by atoms with Gasteiger partial charge in [-0.2, -0.15) is 0 Å². The van der Waals surface area contributed by atoms with Crippen LogP contribution in [0.1, 0.15) is 33.1 Å². The lowest BCUT2D eigenvalue weighted by Gasteiger charge is -2.40. The fraction of sp³-hybridized carbons (Fsp3) is 0.750. The summed E-state index contributed by atoms with van der Waals surface area (Å²) in [5.41, 5.74) is 4.47. The first-order valence-electron chi connectivity index (χ1n) is 6.29. The molecule has 2 atom stereocenters. The smallest absolute Gasteiger partial charge is 0.331 e. The molecule has 0 aromatic carbocycles. The zero-order chi connectivity index (χ0) is 14.6. The van der Waals surface area contributed by atoms with E-state index in [9.17, 15) is 14.4 Å². The van der Waals surface area contributed by atoms with Gasteiger partial charge < -0.3 is 21.1 Å². The number of methoxy groups -OCH3 is 1. The molecule has 19 heavy (non-hydrogen) atoms. The van der Waals surface area contributed by atoms with Crippen molar-refractivity contribution < 1.29 is 19.1 Å². The first-order chi connectivity index (χ1) is 8.82. The zero-order valence-corrected chi connectivity index (χ0v) is 11.5. The molecule has 0 aliphatic heterocycles. The Balaban J connectivity index is 2.58. The van der Waals surface area contributed by atoms with Gasteiger partial charge in [-0.1, -0.05) is 0 Å². The van der Waals surface area contributed by atoms with Crippen LogP contribution in [0.3, 0.4) is 0 Å². The Morgan fingerprint density at radius 3 is 2.16 bits per heavy atom. The van der Waals surface area contributed by atoms with E-state index in [1.807, 2.05) is 0 Å². The second kappa shape index (κ2) is 6.01. The Bertz CT molecular complexity index is 377. The number of nitrogens with two attached hydrogens (primary N) is 1. The summed E-state index contributed by atoms with van der Waals surface area (Å²) in [6.07, 6.45) is 1.97.